The van der Waals surface area contributed by atoms with Crippen molar-refractivity contribution in [2.75, 3.05) is 0 Å². The maximum atomic E-state index is 10.6. The molecule has 1 aromatic rings. The zero-order valence-electron chi connectivity index (χ0n) is 8.57. The maximum Gasteiger partial charge on any atom is 0.344 e. The molecule has 0 amide bonds. The fourth-order valence-electron chi connectivity index (χ4n) is 1.08. The molecule has 0 heterocycles. The van der Waals surface area contributed by atoms with Crippen molar-refractivity contribution in [1.82, 2.24) is 0 Å². The summed E-state index contributed by atoms with van der Waals surface area (Å²) in [4.78, 5) is 10.6. The van der Waals surface area contributed by atoms with E-state index in [2.05, 4.69) is 0 Å². The van der Waals surface area contributed by atoms with Crippen LogP contribution in [0.4, 0.5) is 0 Å². The van der Waals surface area contributed by atoms with Crippen LogP contribution in [0.3, 0.4) is 0 Å². The van der Waals surface area contributed by atoms with E-state index >= 15 is 0 Å². The third kappa shape index (κ3) is 2.49. The summed E-state index contributed by atoms with van der Waals surface area (Å²) in [6.07, 6.45) is -0.810. The number of carboxylic acids is 1. The van der Waals surface area contributed by atoms with E-state index in [1.54, 1.807) is 0 Å². The summed E-state index contributed by atoms with van der Waals surface area (Å²) in [7, 11) is 0. The third-order valence-corrected chi connectivity index (χ3v) is 2.00. The average Bonchev–Trinajstić information content (AvgIpc) is 2.11. The minimum absolute atomic E-state index is 0.639. The van der Waals surface area contributed by atoms with Crippen LogP contribution in [0.2, 0.25) is 0 Å². The van der Waals surface area contributed by atoms with Crippen molar-refractivity contribution in [2.24, 2.45) is 0 Å². The predicted molar refractivity (Wildman–Crippen MR) is 53.6 cm³/mol. The van der Waals surface area contributed by atoms with Crippen LogP contribution in [0.25, 0.3) is 0 Å². The predicted octanol–water partition coefficient (Wildman–Crippen LogP) is 2.16. The first kappa shape index (κ1) is 10.6. The lowest BCUT2D eigenvalue weighted by Crippen LogP contribution is -2.23. The molecule has 0 aliphatic rings. The van der Waals surface area contributed by atoms with Crippen molar-refractivity contribution in [3.63, 3.8) is 0 Å². The van der Waals surface area contributed by atoms with Crippen molar-refractivity contribution in [1.29, 1.82) is 0 Å². The number of hydrogen-bond acceptors (Lipinski definition) is 2. The first-order valence-corrected chi connectivity index (χ1v) is 4.47. The molecule has 0 aromatic heterocycles. The summed E-state index contributed by atoms with van der Waals surface area (Å²) < 4.78 is 5.29. The SMILES string of the molecule is Cc1ccc(C)c(O[C@@H](C)C(=O)O)c1. The van der Waals surface area contributed by atoms with Crippen molar-refractivity contribution >= 4 is 5.97 Å². The van der Waals surface area contributed by atoms with Crippen LogP contribution in [0, 0.1) is 13.8 Å². The van der Waals surface area contributed by atoms with Gasteiger partial charge in [0.15, 0.2) is 6.10 Å². The van der Waals surface area contributed by atoms with Crippen LogP contribution in [0.1, 0.15) is 18.1 Å². The summed E-state index contributed by atoms with van der Waals surface area (Å²) in [5.41, 5.74) is 2.01. The molecule has 0 aliphatic carbocycles. The number of hydrogen-bond donors (Lipinski definition) is 1. The molecule has 0 radical (unpaired) electrons. The van der Waals surface area contributed by atoms with E-state index in [1.807, 2.05) is 32.0 Å². The van der Waals surface area contributed by atoms with E-state index in [0.29, 0.717) is 5.75 Å². The van der Waals surface area contributed by atoms with Crippen LogP contribution in [0.5, 0.6) is 5.75 Å². The fraction of sp³-hybridized carbons (Fsp3) is 0.364. The van der Waals surface area contributed by atoms with Gasteiger partial charge < -0.3 is 9.84 Å². The Kier molecular flexibility index (Phi) is 3.12. The van der Waals surface area contributed by atoms with Gasteiger partial charge in [-0.15, -0.1) is 0 Å². The second-order valence-electron chi connectivity index (χ2n) is 3.37. The van der Waals surface area contributed by atoms with Gasteiger partial charge in [-0.05, 0) is 38.0 Å². The fourth-order valence-corrected chi connectivity index (χ4v) is 1.08. The first-order chi connectivity index (χ1) is 6.50. The van der Waals surface area contributed by atoms with Gasteiger partial charge in [0.05, 0.1) is 0 Å². The number of carbonyl (C=O) groups is 1. The number of carboxylic acid groups (broad SMARTS) is 1. The molecule has 0 fully saturated rings. The molecule has 0 bridgehead atoms. The molecular weight excluding hydrogens is 180 g/mol. The molecule has 0 saturated heterocycles. The lowest BCUT2D eigenvalue weighted by Gasteiger charge is -2.12. The quantitative estimate of drug-likeness (QED) is 0.802. The number of ether oxygens (including phenoxy) is 1. The van der Waals surface area contributed by atoms with E-state index in [1.165, 1.54) is 6.92 Å². The molecule has 76 valence electrons. The maximum absolute atomic E-state index is 10.6. The zero-order chi connectivity index (χ0) is 10.7. The highest BCUT2D eigenvalue weighted by atomic mass is 16.5. The molecule has 3 nitrogen and oxygen atoms in total. The molecule has 1 rings (SSSR count). The number of benzene rings is 1. The van der Waals surface area contributed by atoms with Gasteiger partial charge in [-0.25, -0.2) is 4.79 Å². The molecule has 14 heavy (non-hydrogen) atoms. The summed E-state index contributed by atoms with van der Waals surface area (Å²) in [5, 5.41) is 8.68. The Balaban J connectivity index is 2.85. The summed E-state index contributed by atoms with van der Waals surface area (Å²) >= 11 is 0. The Morgan fingerprint density at radius 1 is 1.43 bits per heavy atom. The third-order valence-electron chi connectivity index (χ3n) is 2.00. The molecule has 1 atom stereocenters. The van der Waals surface area contributed by atoms with E-state index in [0.717, 1.165) is 11.1 Å². The molecule has 0 spiro atoms. The number of aryl methyl sites for hydroxylation is 2. The molecule has 3 heteroatoms. The van der Waals surface area contributed by atoms with Crippen molar-refractivity contribution < 1.29 is 14.6 Å². The lowest BCUT2D eigenvalue weighted by molar-refractivity contribution is -0.144. The summed E-state index contributed by atoms with van der Waals surface area (Å²) in [5.74, 6) is -0.314. The number of rotatable bonds is 3. The van der Waals surface area contributed by atoms with Crippen molar-refractivity contribution in [3.8, 4) is 5.75 Å². The highest BCUT2D eigenvalue weighted by Crippen LogP contribution is 2.20. The average molecular weight is 194 g/mol. The van der Waals surface area contributed by atoms with E-state index in [4.69, 9.17) is 9.84 Å². The van der Waals surface area contributed by atoms with Gasteiger partial charge in [0.2, 0.25) is 0 Å². The van der Waals surface area contributed by atoms with E-state index in [9.17, 15) is 4.79 Å². The van der Waals surface area contributed by atoms with Crippen LogP contribution in [-0.4, -0.2) is 17.2 Å². The van der Waals surface area contributed by atoms with Gasteiger partial charge in [0.25, 0.3) is 0 Å². The standard InChI is InChI=1S/C11H14O3/c1-7-4-5-8(2)10(6-7)14-9(3)11(12)13/h4-6,9H,1-3H3,(H,12,13)/t9-/m0/s1. The second kappa shape index (κ2) is 4.13. The van der Waals surface area contributed by atoms with Gasteiger partial charge in [0, 0.05) is 0 Å². The second-order valence-corrected chi connectivity index (χ2v) is 3.37. The van der Waals surface area contributed by atoms with Gasteiger partial charge >= 0.3 is 5.97 Å². The van der Waals surface area contributed by atoms with E-state index in [-0.39, 0.29) is 0 Å². The topological polar surface area (TPSA) is 46.5 Å². The Morgan fingerprint density at radius 3 is 2.64 bits per heavy atom. The van der Waals surface area contributed by atoms with Gasteiger partial charge in [-0.2, -0.15) is 0 Å². The van der Waals surface area contributed by atoms with Crippen LogP contribution in [0.15, 0.2) is 18.2 Å². The molecule has 1 N–H and O–H groups in total. The smallest absolute Gasteiger partial charge is 0.344 e. The molecule has 0 saturated carbocycles. The molecular formula is C11H14O3. The minimum atomic E-state index is -0.953. The van der Waals surface area contributed by atoms with Crippen LogP contribution in [-0.2, 0) is 4.79 Å². The Labute approximate surface area is 83.3 Å². The van der Waals surface area contributed by atoms with Crippen LogP contribution < -0.4 is 4.74 Å². The highest BCUT2D eigenvalue weighted by molar-refractivity contribution is 5.72. The van der Waals surface area contributed by atoms with Gasteiger partial charge in [-0.3, -0.25) is 0 Å². The van der Waals surface area contributed by atoms with E-state index < -0.39 is 12.1 Å². The first-order valence-electron chi connectivity index (χ1n) is 4.47. The zero-order valence-corrected chi connectivity index (χ0v) is 8.57. The number of aliphatic carboxylic acids is 1. The van der Waals surface area contributed by atoms with Crippen LogP contribution >= 0.6 is 0 Å². The lowest BCUT2D eigenvalue weighted by atomic mass is 10.1. The normalized spacial score (nSPS) is 12.2. The molecule has 0 aliphatic heterocycles. The highest BCUT2D eigenvalue weighted by Gasteiger charge is 2.13. The molecule has 0 unspecified atom stereocenters. The summed E-state index contributed by atoms with van der Waals surface area (Å²) in [6, 6.07) is 5.72. The van der Waals surface area contributed by atoms with Crippen molar-refractivity contribution in [3.05, 3.63) is 29.3 Å². The Hall–Kier alpha value is -1.51. The van der Waals surface area contributed by atoms with Gasteiger partial charge in [-0.1, -0.05) is 12.1 Å². The largest absolute Gasteiger partial charge is 0.479 e. The monoisotopic (exact) mass is 194 g/mol. The molecule has 1 aromatic carbocycles. The van der Waals surface area contributed by atoms with Gasteiger partial charge in [0.1, 0.15) is 5.75 Å². The van der Waals surface area contributed by atoms with Crippen molar-refractivity contribution in [2.45, 2.75) is 26.9 Å². The minimum Gasteiger partial charge on any atom is -0.479 e. The summed E-state index contributed by atoms with van der Waals surface area (Å²) in [6.45, 7) is 5.35. The Morgan fingerprint density at radius 2 is 2.07 bits per heavy atom. The Bertz CT molecular complexity index is 344.